The van der Waals surface area contributed by atoms with Gasteiger partial charge < -0.3 is 26.7 Å². The third kappa shape index (κ3) is 7.36. The quantitative estimate of drug-likeness (QED) is 0.341. The molecule has 8 heteroatoms. The summed E-state index contributed by atoms with van der Waals surface area (Å²) < 4.78 is 23.8. The van der Waals surface area contributed by atoms with Crippen molar-refractivity contribution in [1.29, 1.82) is 0 Å². The van der Waals surface area contributed by atoms with E-state index in [-0.39, 0.29) is 37.7 Å². The summed E-state index contributed by atoms with van der Waals surface area (Å²) >= 11 is 0. The van der Waals surface area contributed by atoms with Gasteiger partial charge in [0.25, 0.3) is 0 Å². The van der Waals surface area contributed by atoms with Crippen molar-refractivity contribution in [2.75, 3.05) is 21.3 Å². The Morgan fingerprint density at radius 3 is 1.94 bits per heavy atom. The van der Waals surface area contributed by atoms with Gasteiger partial charge in [-0.3, -0.25) is 0 Å². The topological polar surface area (TPSA) is 52.4 Å². The van der Waals surface area contributed by atoms with Crippen LogP contribution in [-0.2, 0) is 24.3 Å². The van der Waals surface area contributed by atoms with Gasteiger partial charge in [-0.1, -0.05) is 48.8 Å². The van der Waals surface area contributed by atoms with Crippen molar-refractivity contribution in [3.8, 4) is 11.5 Å². The Morgan fingerprint density at radius 2 is 1.43 bits per heavy atom. The van der Waals surface area contributed by atoms with E-state index in [1.807, 2.05) is 0 Å². The molecule has 0 aliphatic carbocycles. The van der Waals surface area contributed by atoms with E-state index >= 15 is 0 Å². The molecule has 0 saturated carbocycles. The molecule has 0 atom stereocenters. The van der Waals surface area contributed by atoms with Gasteiger partial charge in [0.15, 0.2) is 11.5 Å². The molecule has 1 aliphatic heterocycles. The van der Waals surface area contributed by atoms with Gasteiger partial charge in [-0.2, -0.15) is 0 Å². The van der Waals surface area contributed by atoms with Crippen molar-refractivity contribution in [3.63, 3.8) is 0 Å². The van der Waals surface area contributed by atoms with E-state index in [2.05, 4.69) is 55.2 Å². The number of oxime groups is 1. The number of methoxy groups -OCH3 is 2. The number of fused-ring (bicyclic) bond motifs is 1. The van der Waals surface area contributed by atoms with E-state index in [1.54, 1.807) is 38.5 Å². The van der Waals surface area contributed by atoms with Crippen molar-refractivity contribution < 1.29 is 50.6 Å². The molecule has 0 unspecified atom stereocenters. The molecule has 0 bridgehead atoms. The van der Waals surface area contributed by atoms with Crippen molar-refractivity contribution in [2.24, 2.45) is 10.1 Å². The molecule has 5 nitrogen and oxygen atoms in total. The molecule has 1 aliphatic rings. The van der Waals surface area contributed by atoms with Gasteiger partial charge in [-0.25, -0.2) is 9.38 Å². The first kappa shape index (κ1) is 30.3. The Kier molecular flexibility index (Phi) is 12.1. The van der Waals surface area contributed by atoms with Gasteiger partial charge in [0, 0.05) is 17.2 Å². The van der Waals surface area contributed by atoms with Crippen molar-refractivity contribution in [3.05, 3.63) is 88.7 Å². The Hall–Kier alpha value is -2.76. The minimum Gasteiger partial charge on any atom is -1.00 e. The van der Waals surface area contributed by atoms with E-state index in [1.165, 1.54) is 30.4 Å². The van der Waals surface area contributed by atoms with Gasteiger partial charge in [0.1, 0.15) is 24.4 Å². The number of rotatable bonds is 5. The molecule has 35 heavy (non-hydrogen) atoms. The third-order valence-electron chi connectivity index (χ3n) is 5.26. The minimum absolute atomic E-state index is 0. The SMILES string of the molecule is CO/N=C1/C(c2ccc(F)cc2)=Nc2cc(OC)c(OC)cc21.Cc1ccc(C(C)C)cc1.[Cl-].[Ru+]. The number of benzene rings is 3. The molecular formula is C27H29ClFN2O3Ru. The average molecular weight is 585 g/mol. The van der Waals surface area contributed by atoms with Crippen LogP contribution >= 0.6 is 0 Å². The standard InChI is InChI=1S/C17H15FN2O3.C10H14.ClH.Ru/c1-21-14-8-12-13(9-15(14)22-2)19-16(17(12)20-23-3)10-4-6-11(18)7-5-10;1-8(2)10-6-4-9(3)5-7-10;;/h4-9H,1-3H3;4-8H,1-3H3;1H;/q;;;+1/p-1/b20-17+;;;. The fourth-order valence-corrected chi connectivity index (χ4v) is 3.40. The van der Waals surface area contributed by atoms with Crippen molar-refractivity contribution >= 4 is 17.1 Å². The van der Waals surface area contributed by atoms with Crippen LogP contribution in [0.25, 0.3) is 0 Å². The number of aliphatic imine (C=N–C) groups is 1. The molecule has 0 aromatic heterocycles. The first-order valence-electron chi connectivity index (χ1n) is 10.7. The van der Waals surface area contributed by atoms with E-state index in [4.69, 9.17) is 14.3 Å². The van der Waals surface area contributed by atoms with E-state index < -0.39 is 0 Å². The van der Waals surface area contributed by atoms with Gasteiger partial charge in [0.05, 0.1) is 19.9 Å². The summed E-state index contributed by atoms with van der Waals surface area (Å²) in [7, 11) is 4.59. The maximum absolute atomic E-state index is 13.2. The van der Waals surface area contributed by atoms with Crippen LogP contribution in [-0.4, -0.2) is 32.8 Å². The van der Waals surface area contributed by atoms with E-state index in [0.717, 1.165) is 11.1 Å². The Morgan fingerprint density at radius 1 is 0.857 bits per heavy atom. The van der Waals surface area contributed by atoms with E-state index in [0.29, 0.717) is 34.5 Å². The molecule has 0 amide bonds. The van der Waals surface area contributed by atoms with Crippen LogP contribution in [0, 0.1) is 12.7 Å². The molecule has 4 rings (SSSR count). The van der Waals surface area contributed by atoms with Crippen LogP contribution in [0.5, 0.6) is 11.5 Å². The molecule has 187 valence electrons. The Balaban J connectivity index is 0.000000435. The Bertz CT molecular complexity index is 1160. The minimum atomic E-state index is -0.307. The molecule has 0 N–H and O–H groups in total. The predicted octanol–water partition coefficient (Wildman–Crippen LogP) is 3.45. The maximum atomic E-state index is 13.2. The number of hydrogen-bond acceptors (Lipinski definition) is 5. The summed E-state index contributed by atoms with van der Waals surface area (Å²) in [4.78, 5) is 9.53. The first-order valence-corrected chi connectivity index (χ1v) is 10.7. The van der Waals surface area contributed by atoms with Crippen LogP contribution in [0.1, 0.15) is 42.0 Å². The number of ether oxygens (including phenoxy) is 2. The zero-order valence-electron chi connectivity index (χ0n) is 20.6. The van der Waals surface area contributed by atoms with Crippen LogP contribution in [0.2, 0.25) is 0 Å². The van der Waals surface area contributed by atoms with Gasteiger partial charge >= 0.3 is 19.5 Å². The largest absolute Gasteiger partial charge is 1.00 e. The summed E-state index contributed by atoms with van der Waals surface area (Å²) in [6.45, 7) is 6.54. The van der Waals surface area contributed by atoms with Crippen LogP contribution in [0.15, 0.2) is 70.8 Å². The number of halogens is 2. The predicted molar refractivity (Wildman–Crippen MR) is 131 cm³/mol. The molecule has 0 fully saturated rings. The summed E-state index contributed by atoms with van der Waals surface area (Å²) in [6, 6.07) is 18.4. The number of hydrogen-bond donors (Lipinski definition) is 0. The molecule has 3 aromatic rings. The maximum Gasteiger partial charge on any atom is 1.00 e. The molecule has 3 aromatic carbocycles. The molecule has 1 heterocycles. The fraction of sp³-hybridized carbons (Fsp3) is 0.259. The van der Waals surface area contributed by atoms with E-state index in [9.17, 15) is 4.39 Å². The summed E-state index contributed by atoms with van der Waals surface area (Å²) in [5.74, 6) is 1.50. The normalized spacial score (nSPS) is 12.5. The fourth-order valence-electron chi connectivity index (χ4n) is 3.40. The molecule has 0 spiro atoms. The monoisotopic (exact) mass is 585 g/mol. The second-order valence-corrected chi connectivity index (χ2v) is 7.88. The molecular weight excluding hydrogens is 556 g/mol. The van der Waals surface area contributed by atoms with Gasteiger partial charge in [-0.05, 0) is 48.7 Å². The zero-order valence-corrected chi connectivity index (χ0v) is 23.1. The number of nitrogens with zero attached hydrogens (tertiary/aromatic N) is 2. The average Bonchev–Trinajstić information content (AvgIpc) is 3.16. The van der Waals surface area contributed by atoms with Crippen molar-refractivity contribution in [2.45, 2.75) is 26.7 Å². The second kappa shape index (κ2) is 14.0. The number of aryl methyl sites for hydroxylation is 1. The Labute approximate surface area is 225 Å². The molecule has 0 saturated heterocycles. The first-order chi connectivity index (χ1) is 15.9. The summed E-state index contributed by atoms with van der Waals surface area (Å²) in [5.41, 5.74) is 6.14. The van der Waals surface area contributed by atoms with Gasteiger partial charge in [-0.15, -0.1) is 0 Å². The van der Waals surface area contributed by atoms with Gasteiger partial charge in [0.2, 0.25) is 0 Å². The summed E-state index contributed by atoms with van der Waals surface area (Å²) in [5, 5.41) is 4.07. The van der Waals surface area contributed by atoms with Crippen molar-refractivity contribution in [1.82, 2.24) is 0 Å². The van der Waals surface area contributed by atoms with Crippen LogP contribution < -0.4 is 21.9 Å². The zero-order chi connectivity index (χ0) is 24.0. The summed E-state index contributed by atoms with van der Waals surface area (Å²) in [6.07, 6.45) is 0. The third-order valence-corrected chi connectivity index (χ3v) is 5.26. The smallest absolute Gasteiger partial charge is 1.00 e. The molecule has 1 radical (unpaired) electrons. The second-order valence-electron chi connectivity index (χ2n) is 7.88. The van der Waals surface area contributed by atoms with Crippen LogP contribution in [0.3, 0.4) is 0 Å². The van der Waals surface area contributed by atoms with Crippen LogP contribution in [0.4, 0.5) is 10.1 Å².